The van der Waals surface area contributed by atoms with Gasteiger partial charge in [-0.2, -0.15) is 0 Å². The van der Waals surface area contributed by atoms with Crippen molar-refractivity contribution in [2.24, 2.45) is 11.8 Å². The van der Waals surface area contributed by atoms with Gasteiger partial charge in [0.2, 0.25) is 11.8 Å². The molecule has 0 spiro atoms. The number of benzene rings is 1. The summed E-state index contributed by atoms with van der Waals surface area (Å²) in [7, 11) is 0. The largest absolute Gasteiger partial charge is 0.341 e. The molecular weight excluding hydrogens is 392 g/mol. The molecule has 0 unspecified atom stereocenters. The van der Waals surface area contributed by atoms with Gasteiger partial charge in [0.1, 0.15) is 6.04 Å². The second-order valence-corrected chi connectivity index (χ2v) is 9.46. The monoisotopic (exact) mass is 426 g/mol. The SMILES string of the molecule is Cc1cccc(NC(=O)N[C@H]2CCCCN(CC(=O)N3CC4CCC(CC4)C3)C2=O)c1. The Morgan fingerprint density at radius 3 is 2.42 bits per heavy atom. The molecule has 1 aliphatic carbocycles. The van der Waals surface area contributed by atoms with Gasteiger partial charge in [-0.1, -0.05) is 12.1 Å². The molecule has 4 amide bonds. The van der Waals surface area contributed by atoms with E-state index >= 15 is 0 Å². The number of hydrogen-bond donors (Lipinski definition) is 2. The molecule has 0 aromatic heterocycles. The molecule has 168 valence electrons. The lowest BCUT2D eigenvalue weighted by molar-refractivity contribution is -0.141. The van der Waals surface area contributed by atoms with Crippen LogP contribution < -0.4 is 10.6 Å². The van der Waals surface area contributed by atoms with Crippen molar-refractivity contribution in [1.29, 1.82) is 0 Å². The van der Waals surface area contributed by atoms with Crippen LogP contribution in [0.5, 0.6) is 0 Å². The van der Waals surface area contributed by atoms with Crippen molar-refractivity contribution < 1.29 is 14.4 Å². The van der Waals surface area contributed by atoms with Crippen LogP contribution in [0.1, 0.15) is 50.5 Å². The first-order chi connectivity index (χ1) is 15.0. The van der Waals surface area contributed by atoms with Gasteiger partial charge in [0.25, 0.3) is 0 Å². The van der Waals surface area contributed by atoms with Gasteiger partial charge in [-0.05, 0) is 81.4 Å². The highest BCUT2D eigenvalue weighted by atomic mass is 16.2. The first kappa shape index (κ1) is 21.7. The van der Waals surface area contributed by atoms with Crippen LogP contribution in [0.4, 0.5) is 10.5 Å². The molecule has 1 saturated carbocycles. The Labute approximate surface area is 184 Å². The Balaban J connectivity index is 1.34. The predicted octanol–water partition coefficient (Wildman–Crippen LogP) is 3.15. The molecule has 2 bridgehead atoms. The maximum atomic E-state index is 13.1. The predicted molar refractivity (Wildman–Crippen MR) is 120 cm³/mol. The van der Waals surface area contributed by atoms with E-state index in [2.05, 4.69) is 10.6 Å². The lowest BCUT2D eigenvalue weighted by Gasteiger charge is -2.29. The fourth-order valence-corrected chi connectivity index (χ4v) is 5.21. The molecule has 7 nitrogen and oxygen atoms in total. The van der Waals surface area contributed by atoms with Gasteiger partial charge in [-0.25, -0.2) is 4.79 Å². The minimum atomic E-state index is -0.597. The lowest BCUT2D eigenvalue weighted by atomic mass is 9.84. The number of carbonyl (C=O) groups is 3. The molecule has 2 N–H and O–H groups in total. The van der Waals surface area contributed by atoms with Crippen molar-refractivity contribution in [2.45, 2.75) is 57.9 Å². The van der Waals surface area contributed by atoms with Crippen LogP contribution in [0.15, 0.2) is 24.3 Å². The fourth-order valence-electron chi connectivity index (χ4n) is 5.21. The number of amides is 4. The highest BCUT2D eigenvalue weighted by Crippen LogP contribution is 2.33. The van der Waals surface area contributed by atoms with Crippen LogP contribution in [0.3, 0.4) is 0 Å². The second-order valence-electron chi connectivity index (χ2n) is 9.46. The van der Waals surface area contributed by atoms with Crippen LogP contribution in [-0.2, 0) is 9.59 Å². The molecule has 0 radical (unpaired) electrons. The van der Waals surface area contributed by atoms with Gasteiger partial charge >= 0.3 is 6.03 Å². The highest BCUT2D eigenvalue weighted by molar-refractivity contribution is 5.95. The van der Waals surface area contributed by atoms with Crippen LogP contribution in [0.25, 0.3) is 0 Å². The van der Waals surface area contributed by atoms with Gasteiger partial charge in [-0.15, -0.1) is 0 Å². The molecule has 1 atom stereocenters. The Morgan fingerprint density at radius 2 is 1.74 bits per heavy atom. The first-order valence-corrected chi connectivity index (χ1v) is 11.7. The molecule has 31 heavy (non-hydrogen) atoms. The number of fused-ring (bicyclic) bond motifs is 4. The summed E-state index contributed by atoms with van der Waals surface area (Å²) in [5, 5.41) is 5.63. The van der Waals surface area contributed by atoms with Crippen molar-refractivity contribution in [3.63, 3.8) is 0 Å². The number of hydrogen-bond acceptors (Lipinski definition) is 3. The van der Waals surface area contributed by atoms with Crippen LogP contribution in [0.2, 0.25) is 0 Å². The number of likely N-dealkylation sites (tertiary alicyclic amines) is 1. The average molecular weight is 427 g/mol. The quantitative estimate of drug-likeness (QED) is 0.776. The molecule has 4 aliphatic rings. The maximum Gasteiger partial charge on any atom is 0.319 e. The summed E-state index contributed by atoms with van der Waals surface area (Å²) in [6, 6.07) is 6.56. The van der Waals surface area contributed by atoms with Crippen LogP contribution in [0, 0.1) is 18.8 Å². The van der Waals surface area contributed by atoms with Crippen molar-refractivity contribution in [1.82, 2.24) is 15.1 Å². The molecule has 3 heterocycles. The van der Waals surface area contributed by atoms with Gasteiger partial charge in [0, 0.05) is 25.3 Å². The van der Waals surface area contributed by atoms with Crippen molar-refractivity contribution in [2.75, 3.05) is 31.5 Å². The van der Waals surface area contributed by atoms with Crippen LogP contribution >= 0.6 is 0 Å². The lowest BCUT2D eigenvalue weighted by Crippen LogP contribution is -2.51. The van der Waals surface area contributed by atoms with Crippen molar-refractivity contribution >= 4 is 23.5 Å². The zero-order chi connectivity index (χ0) is 21.8. The molecule has 5 rings (SSSR count). The standard InChI is InChI=1S/C24H34N4O3/c1-17-5-4-6-20(13-17)25-24(31)26-21-7-2-3-12-27(23(21)30)16-22(29)28-14-18-8-9-19(15-28)11-10-18/h4-6,13,18-19,21H,2-3,7-12,14-16H2,1H3,(H2,25,26,31)/t18?,19?,21-/m0/s1. The Morgan fingerprint density at radius 1 is 1.03 bits per heavy atom. The fraction of sp³-hybridized carbons (Fsp3) is 0.625. The molecule has 3 saturated heterocycles. The topological polar surface area (TPSA) is 81.8 Å². The molecule has 1 aromatic carbocycles. The van der Waals surface area contributed by atoms with E-state index in [1.807, 2.05) is 36.1 Å². The van der Waals surface area contributed by atoms with E-state index in [1.54, 1.807) is 4.90 Å². The van der Waals surface area contributed by atoms with Gasteiger partial charge in [0.05, 0.1) is 6.54 Å². The Bertz CT molecular complexity index is 805. The van der Waals surface area contributed by atoms with Crippen LogP contribution in [-0.4, -0.2) is 59.9 Å². The van der Waals surface area contributed by atoms with E-state index in [1.165, 1.54) is 25.7 Å². The van der Waals surface area contributed by atoms with E-state index in [0.29, 0.717) is 30.5 Å². The molecule has 4 fully saturated rings. The smallest absolute Gasteiger partial charge is 0.319 e. The molecule has 7 heteroatoms. The molecule has 1 aromatic rings. The van der Waals surface area contributed by atoms with E-state index in [0.717, 1.165) is 31.5 Å². The van der Waals surface area contributed by atoms with Crippen molar-refractivity contribution in [3.8, 4) is 0 Å². The third kappa shape index (κ3) is 5.57. The summed E-state index contributed by atoms with van der Waals surface area (Å²) in [6.45, 7) is 4.32. The van der Waals surface area contributed by atoms with Gasteiger partial charge in [0.15, 0.2) is 0 Å². The zero-order valence-electron chi connectivity index (χ0n) is 18.4. The van der Waals surface area contributed by atoms with E-state index in [4.69, 9.17) is 0 Å². The van der Waals surface area contributed by atoms with E-state index in [-0.39, 0.29) is 24.4 Å². The number of carbonyl (C=O) groups excluding carboxylic acids is 3. The summed E-state index contributed by atoms with van der Waals surface area (Å²) in [4.78, 5) is 42.3. The first-order valence-electron chi connectivity index (χ1n) is 11.7. The average Bonchev–Trinajstić information content (AvgIpc) is 3.15. The third-order valence-electron chi connectivity index (χ3n) is 6.96. The molecular formula is C24H34N4O3. The Kier molecular flexibility index (Phi) is 6.78. The number of nitrogens with zero attached hydrogens (tertiary/aromatic N) is 2. The summed E-state index contributed by atoms with van der Waals surface area (Å²) in [5.41, 5.74) is 1.75. The van der Waals surface area contributed by atoms with E-state index < -0.39 is 6.04 Å². The maximum absolute atomic E-state index is 13.1. The summed E-state index contributed by atoms with van der Waals surface area (Å²) in [6.07, 6.45) is 7.18. The highest BCUT2D eigenvalue weighted by Gasteiger charge is 2.34. The summed E-state index contributed by atoms with van der Waals surface area (Å²) in [5.74, 6) is 1.13. The minimum absolute atomic E-state index is 0.0528. The number of nitrogens with one attached hydrogen (secondary N) is 2. The third-order valence-corrected chi connectivity index (χ3v) is 6.96. The number of rotatable bonds is 4. The summed E-state index contributed by atoms with van der Waals surface area (Å²) >= 11 is 0. The Hall–Kier alpha value is -2.57. The number of aryl methyl sites for hydroxylation is 1. The van der Waals surface area contributed by atoms with Crippen molar-refractivity contribution in [3.05, 3.63) is 29.8 Å². The number of urea groups is 1. The minimum Gasteiger partial charge on any atom is -0.341 e. The molecule has 3 aliphatic heterocycles. The zero-order valence-corrected chi connectivity index (χ0v) is 18.4. The van der Waals surface area contributed by atoms with E-state index in [9.17, 15) is 14.4 Å². The number of anilines is 1. The van der Waals surface area contributed by atoms with Gasteiger partial charge < -0.3 is 20.4 Å². The normalized spacial score (nSPS) is 26.2. The summed E-state index contributed by atoms with van der Waals surface area (Å²) < 4.78 is 0. The second kappa shape index (κ2) is 9.71. The van der Waals surface area contributed by atoms with Gasteiger partial charge in [-0.3, -0.25) is 9.59 Å².